The van der Waals surface area contributed by atoms with Crippen molar-refractivity contribution < 1.29 is 4.42 Å². The normalized spacial score (nSPS) is 15.8. The minimum Gasteiger partial charge on any atom is -0.462 e. The molecule has 3 rings (SSSR count). The van der Waals surface area contributed by atoms with Crippen molar-refractivity contribution in [2.45, 2.75) is 25.3 Å². The van der Waals surface area contributed by atoms with E-state index in [-0.39, 0.29) is 0 Å². The van der Waals surface area contributed by atoms with Gasteiger partial charge in [-0.2, -0.15) is 0 Å². The fourth-order valence-corrected chi connectivity index (χ4v) is 2.19. The lowest BCUT2D eigenvalue weighted by atomic mass is 10.1. The van der Waals surface area contributed by atoms with Crippen LogP contribution >= 0.6 is 11.6 Å². The SMILES string of the molecule is Clc1cccc2c(CCNC3CC3)coc12. The average molecular weight is 236 g/mol. The monoisotopic (exact) mass is 235 g/mol. The Morgan fingerprint density at radius 1 is 1.38 bits per heavy atom. The summed E-state index contributed by atoms with van der Waals surface area (Å²) in [5.41, 5.74) is 2.05. The fraction of sp³-hybridized carbons (Fsp3) is 0.385. The highest BCUT2D eigenvalue weighted by Gasteiger charge is 2.19. The molecule has 1 aliphatic rings. The van der Waals surface area contributed by atoms with Gasteiger partial charge in [0.2, 0.25) is 0 Å². The molecule has 3 heteroatoms. The standard InChI is InChI=1S/C13H14ClNO/c14-12-3-1-2-11-9(8-16-13(11)12)6-7-15-10-4-5-10/h1-3,8,10,15H,4-7H2. The molecule has 1 fully saturated rings. The zero-order valence-corrected chi connectivity index (χ0v) is 9.76. The molecule has 1 aliphatic carbocycles. The number of para-hydroxylation sites is 1. The minimum atomic E-state index is 0.693. The molecule has 0 radical (unpaired) electrons. The molecule has 1 saturated carbocycles. The van der Waals surface area contributed by atoms with Crippen LogP contribution in [-0.2, 0) is 6.42 Å². The third-order valence-electron chi connectivity index (χ3n) is 3.04. The summed E-state index contributed by atoms with van der Waals surface area (Å²) in [6, 6.07) is 6.66. The van der Waals surface area contributed by atoms with Crippen LogP contribution in [0.4, 0.5) is 0 Å². The molecule has 0 saturated heterocycles. The number of rotatable bonds is 4. The first-order valence-corrected chi connectivity index (χ1v) is 6.10. The van der Waals surface area contributed by atoms with Crippen LogP contribution in [0.25, 0.3) is 11.0 Å². The van der Waals surface area contributed by atoms with E-state index in [2.05, 4.69) is 11.4 Å². The Morgan fingerprint density at radius 2 is 2.25 bits per heavy atom. The number of furan rings is 1. The zero-order valence-electron chi connectivity index (χ0n) is 9.00. The predicted octanol–water partition coefficient (Wildman–Crippen LogP) is 3.38. The molecule has 16 heavy (non-hydrogen) atoms. The fourth-order valence-electron chi connectivity index (χ4n) is 1.97. The predicted molar refractivity (Wildman–Crippen MR) is 66.0 cm³/mol. The first-order valence-electron chi connectivity index (χ1n) is 5.72. The van der Waals surface area contributed by atoms with Crippen molar-refractivity contribution in [2.24, 2.45) is 0 Å². The third kappa shape index (κ3) is 1.95. The second kappa shape index (κ2) is 4.11. The smallest absolute Gasteiger partial charge is 0.152 e. The summed E-state index contributed by atoms with van der Waals surface area (Å²) >= 11 is 6.06. The summed E-state index contributed by atoms with van der Waals surface area (Å²) in [7, 11) is 0. The van der Waals surface area contributed by atoms with Crippen molar-refractivity contribution in [1.29, 1.82) is 0 Å². The van der Waals surface area contributed by atoms with Crippen molar-refractivity contribution in [3.05, 3.63) is 35.0 Å². The van der Waals surface area contributed by atoms with Gasteiger partial charge >= 0.3 is 0 Å². The van der Waals surface area contributed by atoms with Gasteiger partial charge in [0.25, 0.3) is 0 Å². The molecule has 2 aromatic rings. The number of halogens is 1. The number of benzene rings is 1. The van der Waals surface area contributed by atoms with Crippen molar-refractivity contribution >= 4 is 22.6 Å². The third-order valence-corrected chi connectivity index (χ3v) is 3.33. The minimum absolute atomic E-state index is 0.693. The van der Waals surface area contributed by atoms with Crippen LogP contribution in [0.3, 0.4) is 0 Å². The van der Waals surface area contributed by atoms with E-state index in [4.69, 9.17) is 16.0 Å². The van der Waals surface area contributed by atoms with Gasteiger partial charge in [0.1, 0.15) is 0 Å². The molecule has 84 valence electrons. The van der Waals surface area contributed by atoms with Crippen LogP contribution in [0.2, 0.25) is 5.02 Å². The Bertz CT molecular complexity index is 502. The van der Waals surface area contributed by atoms with Gasteiger partial charge in [0.05, 0.1) is 11.3 Å². The number of hydrogen-bond acceptors (Lipinski definition) is 2. The maximum atomic E-state index is 6.06. The molecule has 0 unspecified atom stereocenters. The summed E-state index contributed by atoms with van der Waals surface area (Å²) in [4.78, 5) is 0. The molecule has 1 aromatic carbocycles. The van der Waals surface area contributed by atoms with Gasteiger partial charge in [-0.15, -0.1) is 0 Å². The number of fused-ring (bicyclic) bond motifs is 1. The maximum absolute atomic E-state index is 6.06. The molecule has 2 nitrogen and oxygen atoms in total. The van der Waals surface area contributed by atoms with E-state index < -0.39 is 0 Å². The van der Waals surface area contributed by atoms with E-state index in [9.17, 15) is 0 Å². The van der Waals surface area contributed by atoms with Gasteiger partial charge in [-0.1, -0.05) is 23.7 Å². The lowest BCUT2D eigenvalue weighted by Crippen LogP contribution is -2.19. The first-order chi connectivity index (χ1) is 7.84. The highest BCUT2D eigenvalue weighted by Crippen LogP contribution is 2.28. The summed E-state index contributed by atoms with van der Waals surface area (Å²) < 4.78 is 5.49. The summed E-state index contributed by atoms with van der Waals surface area (Å²) in [6.45, 7) is 1.02. The van der Waals surface area contributed by atoms with Gasteiger partial charge < -0.3 is 9.73 Å². The molecule has 0 amide bonds. The molecule has 1 aromatic heterocycles. The van der Waals surface area contributed by atoms with Crippen molar-refractivity contribution in [2.75, 3.05) is 6.54 Å². The second-order valence-corrected chi connectivity index (χ2v) is 4.76. The molecular weight excluding hydrogens is 222 g/mol. The van der Waals surface area contributed by atoms with E-state index in [0.29, 0.717) is 5.02 Å². The van der Waals surface area contributed by atoms with Gasteiger partial charge in [0, 0.05) is 11.4 Å². The van der Waals surface area contributed by atoms with E-state index in [1.807, 2.05) is 18.4 Å². The van der Waals surface area contributed by atoms with Crippen molar-refractivity contribution in [3.63, 3.8) is 0 Å². The van der Waals surface area contributed by atoms with E-state index in [1.54, 1.807) is 0 Å². The zero-order chi connectivity index (χ0) is 11.0. The Hall–Kier alpha value is -0.990. The molecule has 0 spiro atoms. The molecular formula is C13H14ClNO. The van der Waals surface area contributed by atoms with Crippen LogP contribution in [0.5, 0.6) is 0 Å². The van der Waals surface area contributed by atoms with Crippen LogP contribution in [0.15, 0.2) is 28.9 Å². The van der Waals surface area contributed by atoms with Crippen LogP contribution in [0, 0.1) is 0 Å². The lowest BCUT2D eigenvalue weighted by Gasteiger charge is -2.00. The average Bonchev–Trinajstić information content (AvgIpc) is 3.00. The topological polar surface area (TPSA) is 25.2 Å². The Kier molecular flexibility index (Phi) is 2.62. The van der Waals surface area contributed by atoms with Crippen molar-refractivity contribution in [1.82, 2.24) is 5.32 Å². The Morgan fingerprint density at radius 3 is 3.06 bits per heavy atom. The lowest BCUT2D eigenvalue weighted by molar-refractivity contribution is 0.606. The molecule has 1 N–H and O–H groups in total. The second-order valence-electron chi connectivity index (χ2n) is 4.36. The first kappa shape index (κ1) is 10.2. The quantitative estimate of drug-likeness (QED) is 0.879. The van der Waals surface area contributed by atoms with Crippen molar-refractivity contribution in [3.8, 4) is 0 Å². The molecule has 0 atom stereocenters. The highest BCUT2D eigenvalue weighted by atomic mass is 35.5. The Labute approximate surface area is 99.6 Å². The maximum Gasteiger partial charge on any atom is 0.152 e. The van der Waals surface area contributed by atoms with Crippen LogP contribution in [-0.4, -0.2) is 12.6 Å². The molecule has 0 bridgehead atoms. The summed E-state index contributed by atoms with van der Waals surface area (Å²) in [5.74, 6) is 0. The van der Waals surface area contributed by atoms with Gasteiger partial charge in [0.15, 0.2) is 5.58 Å². The van der Waals surface area contributed by atoms with E-state index in [1.165, 1.54) is 18.4 Å². The summed E-state index contributed by atoms with van der Waals surface area (Å²) in [6.07, 6.45) is 5.49. The molecule has 0 aliphatic heterocycles. The Balaban J connectivity index is 1.77. The van der Waals surface area contributed by atoms with Gasteiger partial charge in [-0.05, 0) is 37.4 Å². The largest absolute Gasteiger partial charge is 0.462 e. The number of nitrogens with one attached hydrogen (secondary N) is 1. The van der Waals surface area contributed by atoms with E-state index >= 15 is 0 Å². The van der Waals surface area contributed by atoms with Crippen LogP contribution in [0.1, 0.15) is 18.4 Å². The van der Waals surface area contributed by atoms with E-state index in [0.717, 1.165) is 30.0 Å². The highest BCUT2D eigenvalue weighted by molar-refractivity contribution is 6.34. The number of hydrogen-bond donors (Lipinski definition) is 1. The summed E-state index contributed by atoms with van der Waals surface area (Å²) in [5, 5.41) is 5.34. The van der Waals surface area contributed by atoms with Crippen LogP contribution < -0.4 is 5.32 Å². The van der Waals surface area contributed by atoms with Gasteiger partial charge in [-0.25, -0.2) is 0 Å². The molecule has 1 heterocycles. The van der Waals surface area contributed by atoms with Gasteiger partial charge in [-0.3, -0.25) is 0 Å².